The summed E-state index contributed by atoms with van der Waals surface area (Å²) in [6.45, 7) is 3.80. The molecule has 1 aliphatic heterocycles. The van der Waals surface area contributed by atoms with Gasteiger partial charge >= 0.3 is 0 Å². The fourth-order valence-corrected chi connectivity index (χ4v) is 3.39. The van der Waals surface area contributed by atoms with Gasteiger partial charge in [0, 0.05) is 18.4 Å². The summed E-state index contributed by atoms with van der Waals surface area (Å²) in [6, 6.07) is 12.7. The number of fused-ring (bicyclic) bond motifs is 1. The molecular weight excluding hydrogens is 370 g/mol. The second kappa shape index (κ2) is 8.77. The van der Waals surface area contributed by atoms with E-state index in [9.17, 15) is 14.4 Å². The Morgan fingerprint density at radius 3 is 2.72 bits per heavy atom. The number of hydrogen-bond acceptors (Lipinski definition) is 4. The lowest BCUT2D eigenvalue weighted by Gasteiger charge is -2.29. The number of rotatable bonds is 6. The van der Waals surface area contributed by atoms with Gasteiger partial charge in [-0.05, 0) is 32.0 Å². The quantitative estimate of drug-likeness (QED) is 0.787. The second-order valence-corrected chi connectivity index (χ2v) is 7.08. The van der Waals surface area contributed by atoms with Crippen LogP contribution in [0.5, 0.6) is 5.75 Å². The first kappa shape index (κ1) is 20.4. The fourth-order valence-electron chi connectivity index (χ4n) is 3.39. The molecule has 0 aromatic heterocycles. The summed E-state index contributed by atoms with van der Waals surface area (Å²) in [5.74, 6) is -0.0375. The van der Waals surface area contributed by atoms with Crippen molar-refractivity contribution in [3.8, 4) is 5.75 Å². The molecule has 1 atom stereocenters. The molecule has 29 heavy (non-hydrogen) atoms. The highest BCUT2D eigenvalue weighted by atomic mass is 16.5. The number of nitrogens with one attached hydrogen (secondary N) is 2. The molecule has 3 amide bonds. The van der Waals surface area contributed by atoms with Gasteiger partial charge in [0.1, 0.15) is 12.3 Å². The van der Waals surface area contributed by atoms with Crippen molar-refractivity contribution >= 4 is 29.1 Å². The van der Waals surface area contributed by atoms with Crippen LogP contribution in [0.15, 0.2) is 42.5 Å². The van der Waals surface area contributed by atoms with Gasteiger partial charge in [0.25, 0.3) is 0 Å². The maximum atomic E-state index is 12.7. The van der Waals surface area contributed by atoms with Crippen molar-refractivity contribution in [1.29, 1.82) is 0 Å². The number of methoxy groups -OCH3 is 1. The normalized spacial score (nSPS) is 13.9. The van der Waals surface area contributed by atoms with E-state index in [1.165, 1.54) is 4.90 Å². The minimum atomic E-state index is -0.261. The van der Waals surface area contributed by atoms with Crippen LogP contribution >= 0.6 is 0 Å². The molecule has 7 heteroatoms. The molecular formula is C22H25N3O4. The molecule has 3 rings (SSSR count). The number of carbonyl (C=O) groups excluding carboxylic acids is 3. The highest BCUT2D eigenvalue weighted by molar-refractivity contribution is 6.10. The zero-order valence-corrected chi connectivity index (χ0v) is 16.8. The number of anilines is 2. The van der Waals surface area contributed by atoms with Crippen molar-refractivity contribution < 1.29 is 19.1 Å². The molecule has 7 nitrogen and oxygen atoms in total. The maximum Gasteiger partial charge on any atom is 0.244 e. The Kier molecular flexibility index (Phi) is 6.16. The molecule has 1 aliphatic rings. The van der Waals surface area contributed by atoms with E-state index in [4.69, 9.17) is 4.74 Å². The zero-order chi connectivity index (χ0) is 21.0. The number of nitrogens with zero attached hydrogens (tertiary/aromatic N) is 1. The predicted octanol–water partition coefficient (Wildman–Crippen LogP) is 2.95. The monoisotopic (exact) mass is 395 g/mol. The van der Waals surface area contributed by atoms with Crippen molar-refractivity contribution in [3.05, 3.63) is 53.6 Å². The highest BCUT2D eigenvalue weighted by Crippen LogP contribution is 2.29. The average Bonchev–Trinajstić information content (AvgIpc) is 2.71. The second-order valence-electron chi connectivity index (χ2n) is 7.08. The van der Waals surface area contributed by atoms with Crippen molar-refractivity contribution in [2.75, 3.05) is 23.9 Å². The van der Waals surface area contributed by atoms with Gasteiger partial charge < -0.3 is 20.3 Å². The van der Waals surface area contributed by atoms with Gasteiger partial charge in [-0.3, -0.25) is 14.4 Å². The van der Waals surface area contributed by atoms with Crippen LogP contribution in [0, 0.1) is 6.92 Å². The topological polar surface area (TPSA) is 87.7 Å². The van der Waals surface area contributed by atoms with E-state index in [1.807, 2.05) is 32.0 Å². The first-order valence-corrected chi connectivity index (χ1v) is 9.52. The number of para-hydroxylation sites is 2. The largest absolute Gasteiger partial charge is 0.496 e. The number of amides is 3. The summed E-state index contributed by atoms with van der Waals surface area (Å²) >= 11 is 0. The minimum absolute atomic E-state index is 0.0190. The minimum Gasteiger partial charge on any atom is -0.496 e. The molecule has 2 aromatic rings. The standard InChI is InChI=1S/C22H25N3O4/c1-14-8-9-19(29-3)16(12-14)15(2)23-20(26)10-11-22(28)25-13-21(27)24-17-6-4-5-7-18(17)25/h4-9,12,15H,10-11,13H2,1-3H3,(H,23,26)(H,24,27)/t15-/m1/s1. The van der Waals surface area contributed by atoms with Gasteiger partial charge in [0.05, 0.1) is 24.5 Å². The molecule has 0 fully saturated rings. The summed E-state index contributed by atoms with van der Waals surface area (Å²) in [7, 11) is 1.59. The van der Waals surface area contributed by atoms with E-state index in [2.05, 4.69) is 10.6 Å². The number of benzene rings is 2. The Labute approximate surface area is 170 Å². The maximum absolute atomic E-state index is 12.7. The third kappa shape index (κ3) is 4.74. The first-order chi connectivity index (χ1) is 13.9. The van der Waals surface area contributed by atoms with Gasteiger partial charge in [-0.25, -0.2) is 0 Å². The Bertz CT molecular complexity index is 941. The molecule has 1 heterocycles. The number of aryl methyl sites for hydroxylation is 1. The molecule has 0 aliphatic carbocycles. The number of ether oxygens (including phenoxy) is 1. The summed E-state index contributed by atoms with van der Waals surface area (Å²) in [5.41, 5.74) is 3.20. The number of carbonyl (C=O) groups is 3. The van der Waals surface area contributed by atoms with Crippen LogP contribution in [0.4, 0.5) is 11.4 Å². The van der Waals surface area contributed by atoms with E-state index in [-0.39, 0.29) is 43.1 Å². The molecule has 0 spiro atoms. The molecule has 2 aromatic carbocycles. The van der Waals surface area contributed by atoms with Gasteiger partial charge in [0.2, 0.25) is 17.7 Å². The third-order valence-corrected chi connectivity index (χ3v) is 4.87. The molecule has 0 saturated heterocycles. The SMILES string of the molecule is COc1ccc(C)cc1[C@@H](C)NC(=O)CCC(=O)N1CC(=O)Nc2ccccc21. The van der Waals surface area contributed by atoms with Crippen LogP contribution in [-0.2, 0) is 14.4 Å². The molecule has 0 unspecified atom stereocenters. The Balaban J connectivity index is 1.61. The van der Waals surface area contributed by atoms with Crippen molar-refractivity contribution in [3.63, 3.8) is 0 Å². The lowest BCUT2D eigenvalue weighted by molar-refractivity contribution is -0.126. The summed E-state index contributed by atoms with van der Waals surface area (Å²) < 4.78 is 5.37. The van der Waals surface area contributed by atoms with E-state index < -0.39 is 0 Å². The summed E-state index contributed by atoms with van der Waals surface area (Å²) in [4.78, 5) is 38.4. The average molecular weight is 395 g/mol. The van der Waals surface area contributed by atoms with Gasteiger partial charge in [-0.15, -0.1) is 0 Å². The van der Waals surface area contributed by atoms with Gasteiger partial charge in [-0.1, -0.05) is 29.8 Å². The molecule has 0 bridgehead atoms. The van der Waals surface area contributed by atoms with Crippen molar-refractivity contribution in [2.24, 2.45) is 0 Å². The van der Waals surface area contributed by atoms with Crippen LogP contribution in [0.25, 0.3) is 0 Å². The molecule has 0 saturated carbocycles. The van der Waals surface area contributed by atoms with E-state index in [0.29, 0.717) is 17.1 Å². The first-order valence-electron chi connectivity index (χ1n) is 9.52. The zero-order valence-electron chi connectivity index (χ0n) is 16.8. The van der Waals surface area contributed by atoms with Gasteiger partial charge in [0.15, 0.2) is 0 Å². The van der Waals surface area contributed by atoms with Crippen LogP contribution in [0.2, 0.25) is 0 Å². The summed E-state index contributed by atoms with van der Waals surface area (Å²) in [6.07, 6.45) is 0.0582. The lowest BCUT2D eigenvalue weighted by Crippen LogP contribution is -2.42. The summed E-state index contributed by atoms with van der Waals surface area (Å²) in [5, 5.41) is 5.66. The Morgan fingerprint density at radius 2 is 1.97 bits per heavy atom. The van der Waals surface area contributed by atoms with E-state index >= 15 is 0 Å². The van der Waals surface area contributed by atoms with E-state index in [0.717, 1.165) is 11.1 Å². The lowest BCUT2D eigenvalue weighted by atomic mass is 10.0. The molecule has 2 N–H and O–H groups in total. The molecule has 0 radical (unpaired) electrons. The van der Waals surface area contributed by atoms with Crippen LogP contribution < -0.4 is 20.3 Å². The van der Waals surface area contributed by atoms with Gasteiger partial charge in [-0.2, -0.15) is 0 Å². The van der Waals surface area contributed by atoms with Crippen molar-refractivity contribution in [2.45, 2.75) is 32.7 Å². The Hall–Kier alpha value is -3.35. The smallest absolute Gasteiger partial charge is 0.244 e. The van der Waals surface area contributed by atoms with Crippen LogP contribution in [0.1, 0.15) is 36.9 Å². The highest BCUT2D eigenvalue weighted by Gasteiger charge is 2.26. The molecule has 152 valence electrons. The Morgan fingerprint density at radius 1 is 1.21 bits per heavy atom. The third-order valence-electron chi connectivity index (χ3n) is 4.87. The van der Waals surface area contributed by atoms with Crippen LogP contribution in [-0.4, -0.2) is 31.4 Å². The van der Waals surface area contributed by atoms with Crippen LogP contribution in [0.3, 0.4) is 0 Å². The van der Waals surface area contributed by atoms with E-state index in [1.54, 1.807) is 31.4 Å². The van der Waals surface area contributed by atoms with Crippen molar-refractivity contribution in [1.82, 2.24) is 5.32 Å². The fraction of sp³-hybridized carbons (Fsp3) is 0.318. The number of hydrogen-bond donors (Lipinski definition) is 2. The predicted molar refractivity (Wildman–Crippen MR) is 111 cm³/mol.